The highest BCUT2D eigenvalue weighted by molar-refractivity contribution is 7.89. The second-order valence-electron chi connectivity index (χ2n) is 4.67. The van der Waals surface area contributed by atoms with E-state index in [9.17, 15) is 17.6 Å². The van der Waals surface area contributed by atoms with Gasteiger partial charge in [0.1, 0.15) is 5.82 Å². The van der Waals surface area contributed by atoms with E-state index in [1.807, 2.05) is 13.8 Å². The van der Waals surface area contributed by atoms with Gasteiger partial charge in [-0.15, -0.1) is 0 Å². The van der Waals surface area contributed by atoms with Crippen molar-refractivity contribution in [1.29, 1.82) is 0 Å². The van der Waals surface area contributed by atoms with Gasteiger partial charge in [0.15, 0.2) is 0 Å². The molecule has 0 heterocycles. The number of nitrogens with one attached hydrogen (secondary N) is 1. The molecule has 0 spiro atoms. The lowest BCUT2D eigenvalue weighted by Gasteiger charge is -2.09. The summed E-state index contributed by atoms with van der Waals surface area (Å²) in [5.74, 6) is -1.32. The van der Waals surface area contributed by atoms with E-state index in [1.54, 1.807) is 0 Å². The minimum atomic E-state index is -3.73. The molecule has 0 radical (unpaired) electrons. The zero-order valence-corrected chi connectivity index (χ0v) is 12.5. The number of ether oxygens (including phenoxy) is 1. The van der Waals surface area contributed by atoms with Crippen molar-refractivity contribution in [1.82, 2.24) is 4.72 Å². The van der Waals surface area contributed by atoms with Crippen molar-refractivity contribution in [3.63, 3.8) is 0 Å². The van der Waals surface area contributed by atoms with E-state index < -0.39 is 21.8 Å². The van der Waals surface area contributed by atoms with Crippen molar-refractivity contribution >= 4 is 16.0 Å². The van der Waals surface area contributed by atoms with Crippen LogP contribution in [0, 0.1) is 11.7 Å². The number of rotatable bonds is 6. The molecule has 1 aromatic rings. The van der Waals surface area contributed by atoms with Crippen LogP contribution in [0.25, 0.3) is 0 Å². The molecule has 0 aromatic heterocycles. The number of sulfonamides is 1. The molecule has 5 nitrogen and oxygen atoms in total. The average Bonchev–Trinajstić information content (AvgIpc) is 2.38. The Labute approximate surface area is 118 Å². The SMILES string of the molecule is CNS(=O)(=O)c1ccc(F)c(C(=O)OCCC(C)C)c1. The summed E-state index contributed by atoms with van der Waals surface area (Å²) in [5.41, 5.74) is -0.384. The van der Waals surface area contributed by atoms with Crippen LogP contribution in [-0.4, -0.2) is 28.0 Å². The topological polar surface area (TPSA) is 72.5 Å². The molecule has 1 N–H and O–H groups in total. The first-order valence-corrected chi connectivity index (χ1v) is 7.66. The number of benzene rings is 1. The normalized spacial score (nSPS) is 11.7. The molecule has 0 fully saturated rings. The van der Waals surface area contributed by atoms with E-state index in [1.165, 1.54) is 7.05 Å². The van der Waals surface area contributed by atoms with Crippen molar-refractivity contribution in [3.05, 3.63) is 29.6 Å². The number of halogens is 1. The smallest absolute Gasteiger partial charge is 0.341 e. The Morgan fingerprint density at radius 1 is 1.40 bits per heavy atom. The maximum Gasteiger partial charge on any atom is 0.341 e. The van der Waals surface area contributed by atoms with Crippen LogP contribution in [0.4, 0.5) is 4.39 Å². The Balaban J connectivity index is 2.94. The van der Waals surface area contributed by atoms with Crippen LogP contribution < -0.4 is 4.72 Å². The van der Waals surface area contributed by atoms with Gasteiger partial charge in [0, 0.05) is 0 Å². The Kier molecular flexibility index (Phi) is 5.64. The molecule has 0 saturated carbocycles. The third-order valence-electron chi connectivity index (χ3n) is 2.67. The Morgan fingerprint density at radius 3 is 2.60 bits per heavy atom. The predicted molar refractivity (Wildman–Crippen MR) is 72.4 cm³/mol. The molecule has 1 rings (SSSR count). The molecule has 0 bridgehead atoms. The van der Waals surface area contributed by atoms with Crippen LogP contribution in [-0.2, 0) is 14.8 Å². The van der Waals surface area contributed by atoms with Gasteiger partial charge >= 0.3 is 5.97 Å². The van der Waals surface area contributed by atoms with Gasteiger partial charge in [-0.1, -0.05) is 13.8 Å². The van der Waals surface area contributed by atoms with Gasteiger partial charge in [-0.25, -0.2) is 22.3 Å². The molecule has 0 amide bonds. The number of carbonyl (C=O) groups excluding carboxylic acids is 1. The fourth-order valence-corrected chi connectivity index (χ4v) is 2.17. The largest absolute Gasteiger partial charge is 0.462 e. The van der Waals surface area contributed by atoms with E-state index in [-0.39, 0.29) is 17.1 Å². The van der Waals surface area contributed by atoms with Crippen LogP contribution in [0.15, 0.2) is 23.1 Å². The van der Waals surface area contributed by atoms with Gasteiger partial charge in [-0.3, -0.25) is 0 Å². The molecular weight excluding hydrogens is 285 g/mol. The highest BCUT2D eigenvalue weighted by atomic mass is 32.2. The highest BCUT2D eigenvalue weighted by Crippen LogP contribution is 2.16. The van der Waals surface area contributed by atoms with Crippen molar-refractivity contribution in [2.45, 2.75) is 25.2 Å². The molecule has 0 atom stereocenters. The molecule has 0 saturated heterocycles. The minimum absolute atomic E-state index is 0.166. The standard InChI is InChI=1S/C13H18FNO4S/c1-9(2)6-7-19-13(16)11-8-10(4-5-12(11)14)20(17,18)15-3/h4-5,8-9,15H,6-7H2,1-3H3. The average molecular weight is 303 g/mol. The molecule has 0 aliphatic heterocycles. The molecule has 112 valence electrons. The summed E-state index contributed by atoms with van der Waals surface area (Å²) >= 11 is 0. The van der Waals surface area contributed by atoms with Gasteiger partial charge in [0.05, 0.1) is 17.1 Å². The first-order valence-electron chi connectivity index (χ1n) is 6.18. The molecule has 1 aromatic carbocycles. The summed E-state index contributed by atoms with van der Waals surface area (Å²) in [5, 5.41) is 0. The summed E-state index contributed by atoms with van der Waals surface area (Å²) in [4.78, 5) is 11.6. The lowest BCUT2D eigenvalue weighted by molar-refractivity contribution is 0.0482. The monoisotopic (exact) mass is 303 g/mol. The summed E-state index contributed by atoms with van der Waals surface area (Å²) < 4.78 is 43.8. The van der Waals surface area contributed by atoms with Crippen LogP contribution in [0.3, 0.4) is 0 Å². The summed E-state index contributed by atoms with van der Waals surface area (Å²) in [6.07, 6.45) is 0.655. The number of esters is 1. The number of carbonyl (C=O) groups is 1. The Morgan fingerprint density at radius 2 is 2.05 bits per heavy atom. The van der Waals surface area contributed by atoms with Crippen molar-refractivity contribution in [2.75, 3.05) is 13.7 Å². The summed E-state index contributed by atoms with van der Waals surface area (Å²) in [6.45, 7) is 4.10. The van der Waals surface area contributed by atoms with Gasteiger partial charge in [-0.2, -0.15) is 0 Å². The first-order chi connectivity index (χ1) is 9.27. The molecule has 0 unspecified atom stereocenters. The fourth-order valence-electron chi connectivity index (χ4n) is 1.41. The third-order valence-corrected chi connectivity index (χ3v) is 4.08. The van der Waals surface area contributed by atoms with Gasteiger partial charge in [0.2, 0.25) is 10.0 Å². The van der Waals surface area contributed by atoms with Gasteiger partial charge in [0.25, 0.3) is 0 Å². The van der Waals surface area contributed by atoms with E-state index >= 15 is 0 Å². The van der Waals surface area contributed by atoms with Crippen molar-refractivity contribution in [2.24, 2.45) is 5.92 Å². The van der Waals surface area contributed by atoms with Gasteiger partial charge in [-0.05, 0) is 37.6 Å². The molecular formula is C13H18FNO4S. The third kappa shape index (κ3) is 4.28. The zero-order valence-electron chi connectivity index (χ0n) is 11.6. The van der Waals surface area contributed by atoms with Crippen LogP contribution in [0.1, 0.15) is 30.6 Å². The highest BCUT2D eigenvalue weighted by Gasteiger charge is 2.19. The Bertz CT molecular complexity index is 584. The second kappa shape index (κ2) is 6.81. The van der Waals surface area contributed by atoms with E-state index in [2.05, 4.69) is 4.72 Å². The van der Waals surface area contributed by atoms with E-state index in [0.29, 0.717) is 12.3 Å². The minimum Gasteiger partial charge on any atom is -0.462 e. The molecule has 0 aliphatic carbocycles. The Hall–Kier alpha value is -1.47. The van der Waals surface area contributed by atoms with E-state index in [4.69, 9.17) is 4.74 Å². The summed E-state index contributed by atoms with van der Waals surface area (Å²) in [7, 11) is -2.49. The zero-order chi connectivity index (χ0) is 15.3. The first kappa shape index (κ1) is 16.6. The maximum atomic E-state index is 13.6. The number of hydrogen-bond acceptors (Lipinski definition) is 4. The van der Waals surface area contributed by atoms with Gasteiger partial charge < -0.3 is 4.74 Å². The molecule has 7 heteroatoms. The lowest BCUT2D eigenvalue weighted by atomic mass is 10.1. The lowest BCUT2D eigenvalue weighted by Crippen LogP contribution is -2.19. The summed E-state index contributed by atoms with van der Waals surface area (Å²) in [6, 6.07) is 2.99. The molecule has 20 heavy (non-hydrogen) atoms. The van der Waals surface area contributed by atoms with Crippen molar-refractivity contribution in [3.8, 4) is 0 Å². The number of hydrogen-bond donors (Lipinski definition) is 1. The van der Waals surface area contributed by atoms with Crippen LogP contribution in [0.2, 0.25) is 0 Å². The van der Waals surface area contributed by atoms with Crippen LogP contribution >= 0.6 is 0 Å². The fraction of sp³-hybridized carbons (Fsp3) is 0.462. The quantitative estimate of drug-likeness (QED) is 0.815. The van der Waals surface area contributed by atoms with E-state index in [0.717, 1.165) is 18.2 Å². The second-order valence-corrected chi connectivity index (χ2v) is 6.55. The van der Waals surface area contributed by atoms with Crippen LogP contribution in [0.5, 0.6) is 0 Å². The maximum absolute atomic E-state index is 13.6. The van der Waals surface area contributed by atoms with Crippen molar-refractivity contribution < 1.29 is 22.3 Å². The molecule has 0 aliphatic rings. The predicted octanol–water partition coefficient (Wildman–Crippen LogP) is 1.94.